The average molecular weight is 303 g/mol. The minimum absolute atomic E-state index is 0.0129. The third kappa shape index (κ3) is 3.13. The molecule has 1 amide bonds. The monoisotopic (exact) mass is 303 g/mol. The van der Waals surface area contributed by atoms with Gasteiger partial charge in [0.1, 0.15) is 12.4 Å². The van der Waals surface area contributed by atoms with Crippen LogP contribution in [0, 0.1) is 12.7 Å². The molecule has 7 heteroatoms. The van der Waals surface area contributed by atoms with Gasteiger partial charge in [-0.1, -0.05) is 0 Å². The van der Waals surface area contributed by atoms with E-state index in [0.717, 1.165) is 25.9 Å². The van der Waals surface area contributed by atoms with E-state index >= 15 is 0 Å². The second kappa shape index (κ2) is 6.21. The van der Waals surface area contributed by atoms with E-state index in [1.165, 1.54) is 17.3 Å². The second-order valence-corrected chi connectivity index (χ2v) is 5.55. The van der Waals surface area contributed by atoms with Crippen LogP contribution in [0.2, 0.25) is 0 Å². The first kappa shape index (κ1) is 14.6. The lowest BCUT2D eigenvalue weighted by atomic mass is 10.1. The molecule has 116 valence electrons. The lowest BCUT2D eigenvalue weighted by Gasteiger charge is -2.26. The number of carbonyl (C=O) groups is 1. The summed E-state index contributed by atoms with van der Waals surface area (Å²) in [5, 5.41) is 12.1. The number of aryl methyl sites for hydroxylation is 1. The Kier molecular flexibility index (Phi) is 4.13. The maximum atomic E-state index is 13.3. The maximum absolute atomic E-state index is 13.3. The van der Waals surface area contributed by atoms with E-state index in [4.69, 9.17) is 0 Å². The summed E-state index contributed by atoms with van der Waals surface area (Å²) in [5.74, 6) is 0.143. The van der Waals surface area contributed by atoms with Gasteiger partial charge in [0.15, 0.2) is 0 Å². The highest BCUT2D eigenvalue weighted by Gasteiger charge is 2.18. The molecular weight excluding hydrogens is 285 g/mol. The number of piperidine rings is 1. The van der Waals surface area contributed by atoms with Crippen LogP contribution in [-0.4, -0.2) is 44.1 Å². The number of tetrazole rings is 1. The standard InChI is InChI=1S/C15H18FN5O/c1-11-9-12(5-6-13(11)16)15-17-19-21(18-15)10-14(22)20-7-3-2-4-8-20/h5-6,9H,2-4,7-8,10H2,1H3. The fourth-order valence-corrected chi connectivity index (χ4v) is 2.57. The number of nitrogens with zero attached hydrogens (tertiary/aromatic N) is 5. The fraction of sp³-hybridized carbons (Fsp3) is 0.467. The van der Waals surface area contributed by atoms with Crippen LogP contribution in [0.3, 0.4) is 0 Å². The second-order valence-electron chi connectivity index (χ2n) is 5.55. The first-order valence-corrected chi connectivity index (χ1v) is 7.45. The van der Waals surface area contributed by atoms with Crippen LogP contribution in [0.1, 0.15) is 24.8 Å². The molecule has 1 aromatic heterocycles. The van der Waals surface area contributed by atoms with Gasteiger partial charge in [0.25, 0.3) is 0 Å². The summed E-state index contributed by atoms with van der Waals surface area (Å²) in [6, 6.07) is 4.66. The molecule has 1 aliphatic rings. The highest BCUT2D eigenvalue weighted by molar-refractivity contribution is 5.75. The van der Waals surface area contributed by atoms with Crippen molar-refractivity contribution in [2.75, 3.05) is 13.1 Å². The molecule has 1 aromatic carbocycles. The molecule has 1 fully saturated rings. The molecule has 3 rings (SSSR count). The maximum Gasteiger partial charge on any atom is 0.246 e. The molecule has 1 saturated heterocycles. The SMILES string of the molecule is Cc1cc(-c2nnn(CC(=O)N3CCCCC3)n2)ccc1F. The Morgan fingerprint density at radius 3 is 2.77 bits per heavy atom. The fourth-order valence-electron chi connectivity index (χ4n) is 2.57. The highest BCUT2D eigenvalue weighted by atomic mass is 19.1. The predicted molar refractivity (Wildman–Crippen MR) is 78.4 cm³/mol. The molecule has 0 spiro atoms. The lowest BCUT2D eigenvalue weighted by molar-refractivity contribution is -0.133. The molecule has 1 aliphatic heterocycles. The third-order valence-electron chi connectivity index (χ3n) is 3.85. The largest absolute Gasteiger partial charge is 0.341 e. The summed E-state index contributed by atoms with van der Waals surface area (Å²) >= 11 is 0. The van der Waals surface area contributed by atoms with Crippen molar-refractivity contribution in [3.05, 3.63) is 29.6 Å². The van der Waals surface area contributed by atoms with Crippen molar-refractivity contribution in [1.29, 1.82) is 0 Å². The normalized spacial score (nSPS) is 15.1. The summed E-state index contributed by atoms with van der Waals surface area (Å²) < 4.78 is 13.3. The Balaban J connectivity index is 1.70. The van der Waals surface area contributed by atoms with Crippen LogP contribution in [0.25, 0.3) is 11.4 Å². The highest BCUT2D eigenvalue weighted by Crippen LogP contribution is 2.17. The third-order valence-corrected chi connectivity index (χ3v) is 3.85. The first-order chi connectivity index (χ1) is 10.6. The van der Waals surface area contributed by atoms with Crippen molar-refractivity contribution in [3.8, 4) is 11.4 Å². The topological polar surface area (TPSA) is 63.9 Å². The molecule has 0 atom stereocenters. The van der Waals surface area contributed by atoms with Crippen LogP contribution >= 0.6 is 0 Å². The zero-order valence-corrected chi connectivity index (χ0v) is 12.5. The molecular formula is C15H18FN5O. The molecule has 2 aromatic rings. The summed E-state index contributed by atoms with van der Waals surface area (Å²) in [6.07, 6.45) is 3.28. The molecule has 22 heavy (non-hydrogen) atoms. The van der Waals surface area contributed by atoms with Crippen LogP contribution < -0.4 is 0 Å². The van der Waals surface area contributed by atoms with Gasteiger partial charge in [0.05, 0.1) is 0 Å². The van der Waals surface area contributed by atoms with Crippen LogP contribution in [-0.2, 0) is 11.3 Å². The van der Waals surface area contributed by atoms with Crippen LogP contribution in [0.5, 0.6) is 0 Å². The Bertz CT molecular complexity index is 678. The van der Waals surface area contributed by atoms with Crippen LogP contribution in [0.4, 0.5) is 4.39 Å². The van der Waals surface area contributed by atoms with Gasteiger partial charge in [-0.05, 0) is 55.2 Å². The smallest absolute Gasteiger partial charge is 0.246 e. The first-order valence-electron chi connectivity index (χ1n) is 7.45. The summed E-state index contributed by atoms with van der Waals surface area (Å²) in [7, 11) is 0. The molecule has 0 bridgehead atoms. The van der Waals surface area contributed by atoms with Crippen molar-refractivity contribution in [3.63, 3.8) is 0 Å². The Morgan fingerprint density at radius 2 is 2.05 bits per heavy atom. The average Bonchev–Trinajstić information content (AvgIpc) is 2.99. The van der Waals surface area contributed by atoms with Gasteiger partial charge in [-0.25, -0.2) is 4.39 Å². The number of halogens is 1. The van der Waals surface area contributed by atoms with Crippen LogP contribution in [0.15, 0.2) is 18.2 Å². The van der Waals surface area contributed by atoms with E-state index in [1.807, 2.05) is 4.90 Å². The lowest BCUT2D eigenvalue weighted by Crippen LogP contribution is -2.38. The van der Waals surface area contributed by atoms with E-state index < -0.39 is 0 Å². The Morgan fingerprint density at radius 1 is 1.27 bits per heavy atom. The quantitative estimate of drug-likeness (QED) is 0.867. The molecule has 0 aliphatic carbocycles. The van der Waals surface area contributed by atoms with Crippen molar-refractivity contribution in [1.82, 2.24) is 25.1 Å². The summed E-state index contributed by atoms with van der Waals surface area (Å²) in [6.45, 7) is 3.38. The minimum atomic E-state index is -0.267. The minimum Gasteiger partial charge on any atom is -0.341 e. The van der Waals surface area contributed by atoms with Crippen molar-refractivity contribution in [2.45, 2.75) is 32.7 Å². The van der Waals surface area contributed by atoms with Gasteiger partial charge in [-0.15, -0.1) is 10.2 Å². The zero-order valence-electron chi connectivity index (χ0n) is 12.5. The van der Waals surface area contributed by atoms with Gasteiger partial charge in [-0.2, -0.15) is 4.80 Å². The van der Waals surface area contributed by atoms with Crippen molar-refractivity contribution < 1.29 is 9.18 Å². The molecule has 0 radical (unpaired) electrons. The van der Waals surface area contributed by atoms with E-state index in [9.17, 15) is 9.18 Å². The number of amides is 1. The van der Waals surface area contributed by atoms with Gasteiger partial charge in [0, 0.05) is 18.7 Å². The number of carbonyl (C=O) groups excluding carboxylic acids is 1. The molecule has 0 saturated carbocycles. The number of rotatable bonds is 3. The van der Waals surface area contributed by atoms with Crippen molar-refractivity contribution >= 4 is 5.91 Å². The number of likely N-dealkylation sites (tertiary alicyclic amines) is 1. The zero-order chi connectivity index (χ0) is 15.5. The van der Waals surface area contributed by atoms with E-state index in [-0.39, 0.29) is 18.3 Å². The number of hydrogen-bond acceptors (Lipinski definition) is 4. The molecule has 2 heterocycles. The van der Waals surface area contributed by atoms with Gasteiger partial charge < -0.3 is 4.90 Å². The Labute approximate surface area is 127 Å². The van der Waals surface area contributed by atoms with E-state index in [2.05, 4.69) is 15.4 Å². The Hall–Kier alpha value is -2.31. The van der Waals surface area contributed by atoms with E-state index in [0.29, 0.717) is 17.0 Å². The number of hydrogen-bond donors (Lipinski definition) is 0. The molecule has 0 N–H and O–H groups in total. The van der Waals surface area contributed by atoms with Gasteiger partial charge in [-0.3, -0.25) is 4.79 Å². The van der Waals surface area contributed by atoms with Gasteiger partial charge in [0.2, 0.25) is 11.7 Å². The van der Waals surface area contributed by atoms with Gasteiger partial charge >= 0.3 is 0 Å². The molecule has 0 unspecified atom stereocenters. The van der Waals surface area contributed by atoms with E-state index in [1.54, 1.807) is 19.1 Å². The number of benzene rings is 1. The predicted octanol–water partition coefficient (Wildman–Crippen LogP) is 1.80. The number of aromatic nitrogens is 4. The molecule has 6 nitrogen and oxygen atoms in total. The summed E-state index contributed by atoms with van der Waals surface area (Å²) in [4.78, 5) is 15.3. The summed E-state index contributed by atoms with van der Waals surface area (Å²) in [5.41, 5.74) is 1.22. The van der Waals surface area contributed by atoms with Crippen molar-refractivity contribution in [2.24, 2.45) is 0 Å².